The first kappa shape index (κ1) is 9.02. The van der Waals surface area contributed by atoms with E-state index in [2.05, 4.69) is 25.9 Å². The Bertz CT molecular complexity index is 452. The van der Waals surface area contributed by atoms with E-state index in [1.165, 1.54) is 0 Å². The molecule has 0 bridgehead atoms. The van der Waals surface area contributed by atoms with Crippen LogP contribution < -0.4 is 0 Å². The van der Waals surface area contributed by atoms with Crippen LogP contribution in [0.3, 0.4) is 0 Å². The maximum atomic E-state index is 4.42. The molecule has 68 valence electrons. The molecular formula is C8H8BrN3S. The van der Waals surface area contributed by atoms with Crippen molar-refractivity contribution >= 4 is 38.9 Å². The van der Waals surface area contributed by atoms with Crippen LogP contribution in [0.15, 0.2) is 21.9 Å². The highest BCUT2D eigenvalue weighted by Crippen LogP contribution is 2.21. The van der Waals surface area contributed by atoms with Gasteiger partial charge >= 0.3 is 0 Å². The number of pyridine rings is 1. The normalized spacial score (nSPS) is 11.0. The highest BCUT2D eigenvalue weighted by Gasteiger charge is 2.07. The third kappa shape index (κ3) is 1.46. The molecule has 3 nitrogen and oxygen atoms in total. The van der Waals surface area contributed by atoms with Crippen molar-refractivity contribution in [2.75, 3.05) is 6.26 Å². The molecule has 13 heavy (non-hydrogen) atoms. The molecule has 0 radical (unpaired) electrons. The van der Waals surface area contributed by atoms with Gasteiger partial charge in [0.15, 0.2) is 10.8 Å². The van der Waals surface area contributed by atoms with E-state index in [1.807, 2.05) is 23.9 Å². The van der Waals surface area contributed by atoms with Gasteiger partial charge in [0.2, 0.25) is 0 Å². The quantitative estimate of drug-likeness (QED) is 0.736. The molecular weight excluding hydrogens is 250 g/mol. The lowest BCUT2D eigenvalue weighted by molar-refractivity contribution is 0.807. The van der Waals surface area contributed by atoms with Crippen LogP contribution in [-0.2, 0) is 7.05 Å². The Kier molecular flexibility index (Phi) is 2.29. The van der Waals surface area contributed by atoms with Gasteiger partial charge in [-0.05, 0) is 28.3 Å². The second-order valence-corrected chi connectivity index (χ2v) is 4.34. The van der Waals surface area contributed by atoms with E-state index in [4.69, 9.17) is 0 Å². The van der Waals surface area contributed by atoms with Crippen molar-refractivity contribution in [2.24, 2.45) is 7.05 Å². The van der Waals surface area contributed by atoms with Crippen LogP contribution in [0.1, 0.15) is 0 Å². The van der Waals surface area contributed by atoms with Crippen molar-refractivity contribution in [1.29, 1.82) is 0 Å². The van der Waals surface area contributed by atoms with Crippen molar-refractivity contribution in [2.45, 2.75) is 5.16 Å². The molecule has 2 aromatic rings. The molecule has 0 N–H and O–H groups in total. The molecule has 0 saturated heterocycles. The van der Waals surface area contributed by atoms with Gasteiger partial charge in [0, 0.05) is 17.7 Å². The minimum Gasteiger partial charge on any atom is -0.307 e. The lowest BCUT2D eigenvalue weighted by Crippen LogP contribution is -1.90. The standard InChI is InChI=1S/C8H8BrN3S/c1-12-7-6(11-8(12)13-2)3-5(9)4-10-7/h3-4H,1-2H3. The fraction of sp³-hybridized carbons (Fsp3) is 0.250. The third-order valence-electron chi connectivity index (χ3n) is 1.82. The Morgan fingerprint density at radius 3 is 3.00 bits per heavy atom. The average Bonchev–Trinajstić information content (AvgIpc) is 2.42. The highest BCUT2D eigenvalue weighted by molar-refractivity contribution is 9.10. The van der Waals surface area contributed by atoms with E-state index < -0.39 is 0 Å². The molecule has 0 fully saturated rings. The molecule has 2 aromatic heterocycles. The minimum absolute atomic E-state index is 0.924. The van der Waals surface area contributed by atoms with Crippen LogP contribution in [0.4, 0.5) is 0 Å². The van der Waals surface area contributed by atoms with Gasteiger partial charge in [-0.15, -0.1) is 0 Å². The zero-order chi connectivity index (χ0) is 9.42. The summed E-state index contributed by atoms with van der Waals surface area (Å²) in [7, 11) is 1.97. The number of fused-ring (bicyclic) bond motifs is 1. The fourth-order valence-corrected chi connectivity index (χ4v) is 2.08. The predicted molar refractivity (Wildman–Crippen MR) is 58.0 cm³/mol. The summed E-state index contributed by atoms with van der Waals surface area (Å²) in [5.41, 5.74) is 1.86. The third-order valence-corrected chi connectivity index (χ3v) is 2.98. The summed E-state index contributed by atoms with van der Waals surface area (Å²) < 4.78 is 2.96. The van der Waals surface area contributed by atoms with Gasteiger partial charge in [0.05, 0.1) is 0 Å². The van der Waals surface area contributed by atoms with E-state index in [0.717, 1.165) is 20.8 Å². The van der Waals surface area contributed by atoms with Crippen LogP contribution in [0.25, 0.3) is 11.2 Å². The van der Waals surface area contributed by atoms with Gasteiger partial charge in [0.25, 0.3) is 0 Å². The number of hydrogen-bond acceptors (Lipinski definition) is 3. The lowest BCUT2D eigenvalue weighted by Gasteiger charge is -1.95. The van der Waals surface area contributed by atoms with Crippen LogP contribution in [0.5, 0.6) is 0 Å². The molecule has 0 spiro atoms. The summed E-state index contributed by atoms with van der Waals surface area (Å²) in [4.78, 5) is 8.71. The molecule has 0 aliphatic heterocycles. The molecule has 0 unspecified atom stereocenters. The number of aromatic nitrogens is 3. The van der Waals surface area contributed by atoms with E-state index in [-0.39, 0.29) is 0 Å². The first-order chi connectivity index (χ1) is 6.22. The number of thioether (sulfide) groups is 1. The van der Waals surface area contributed by atoms with E-state index in [9.17, 15) is 0 Å². The SMILES string of the molecule is CSc1nc2cc(Br)cnc2n1C. The zero-order valence-electron chi connectivity index (χ0n) is 7.28. The van der Waals surface area contributed by atoms with Crippen molar-refractivity contribution in [3.8, 4) is 0 Å². The molecule has 0 saturated carbocycles. The molecule has 0 atom stereocenters. The van der Waals surface area contributed by atoms with Gasteiger partial charge in [-0.1, -0.05) is 11.8 Å². The largest absolute Gasteiger partial charge is 0.307 e. The Hall–Kier alpha value is -0.550. The molecule has 0 amide bonds. The van der Waals surface area contributed by atoms with E-state index in [1.54, 1.807) is 18.0 Å². The molecule has 0 aromatic carbocycles. The molecule has 0 aliphatic carbocycles. The molecule has 5 heteroatoms. The minimum atomic E-state index is 0.924. The Morgan fingerprint density at radius 2 is 2.31 bits per heavy atom. The summed E-state index contributed by atoms with van der Waals surface area (Å²) in [5.74, 6) is 0. The smallest absolute Gasteiger partial charge is 0.169 e. The fourth-order valence-electron chi connectivity index (χ4n) is 1.21. The number of imidazole rings is 1. The topological polar surface area (TPSA) is 30.7 Å². The van der Waals surface area contributed by atoms with Crippen LogP contribution >= 0.6 is 27.7 Å². The Labute approximate surface area is 88.7 Å². The van der Waals surface area contributed by atoms with Crippen molar-refractivity contribution in [3.05, 3.63) is 16.7 Å². The second-order valence-electron chi connectivity index (χ2n) is 2.65. The predicted octanol–water partition coefficient (Wildman–Crippen LogP) is 2.45. The van der Waals surface area contributed by atoms with Crippen molar-refractivity contribution < 1.29 is 0 Å². The average molecular weight is 258 g/mol. The summed E-state index contributed by atoms with van der Waals surface area (Å²) in [5, 5.41) is 0.987. The van der Waals surface area contributed by atoms with E-state index >= 15 is 0 Å². The Balaban J connectivity index is 2.76. The number of hydrogen-bond donors (Lipinski definition) is 0. The molecule has 2 heterocycles. The summed E-state index contributed by atoms with van der Waals surface area (Å²) in [6.45, 7) is 0. The number of rotatable bonds is 1. The van der Waals surface area contributed by atoms with Gasteiger partial charge in [-0.3, -0.25) is 0 Å². The van der Waals surface area contributed by atoms with Crippen LogP contribution in [-0.4, -0.2) is 20.8 Å². The highest BCUT2D eigenvalue weighted by atomic mass is 79.9. The second kappa shape index (κ2) is 3.31. The molecule has 2 rings (SSSR count). The summed E-state index contributed by atoms with van der Waals surface area (Å²) >= 11 is 4.99. The maximum absolute atomic E-state index is 4.42. The van der Waals surface area contributed by atoms with Crippen molar-refractivity contribution in [1.82, 2.24) is 14.5 Å². The maximum Gasteiger partial charge on any atom is 0.169 e. The van der Waals surface area contributed by atoms with Gasteiger partial charge < -0.3 is 4.57 Å². The molecule has 0 aliphatic rings. The van der Waals surface area contributed by atoms with E-state index in [0.29, 0.717) is 0 Å². The summed E-state index contributed by atoms with van der Waals surface area (Å²) in [6.07, 6.45) is 3.80. The van der Waals surface area contributed by atoms with Gasteiger partial charge in [-0.25, -0.2) is 9.97 Å². The van der Waals surface area contributed by atoms with Crippen molar-refractivity contribution in [3.63, 3.8) is 0 Å². The first-order valence-electron chi connectivity index (χ1n) is 3.74. The number of aryl methyl sites for hydroxylation is 1. The zero-order valence-corrected chi connectivity index (χ0v) is 9.69. The van der Waals surface area contributed by atoms with Crippen LogP contribution in [0, 0.1) is 0 Å². The monoisotopic (exact) mass is 257 g/mol. The van der Waals surface area contributed by atoms with Crippen LogP contribution in [0.2, 0.25) is 0 Å². The van der Waals surface area contributed by atoms with Gasteiger partial charge in [0.1, 0.15) is 5.52 Å². The van der Waals surface area contributed by atoms with Gasteiger partial charge in [-0.2, -0.15) is 0 Å². The first-order valence-corrected chi connectivity index (χ1v) is 5.76. The number of halogens is 1. The lowest BCUT2D eigenvalue weighted by atomic mass is 10.4. The summed E-state index contributed by atoms with van der Waals surface area (Å²) in [6, 6.07) is 1.97. The number of nitrogens with zero attached hydrogens (tertiary/aromatic N) is 3. The Morgan fingerprint density at radius 1 is 1.54 bits per heavy atom.